The summed E-state index contributed by atoms with van der Waals surface area (Å²) in [6.07, 6.45) is 2.42. The molecule has 1 rings (SSSR count). The van der Waals surface area contributed by atoms with Gasteiger partial charge in [-0.25, -0.2) is 5.84 Å². The maximum absolute atomic E-state index is 11.4. The van der Waals surface area contributed by atoms with Crippen molar-refractivity contribution in [2.45, 2.75) is 38.8 Å². The molecule has 2 unspecified atom stereocenters. The van der Waals surface area contributed by atoms with E-state index < -0.39 is 0 Å². The third-order valence-electron chi connectivity index (χ3n) is 2.88. The second-order valence-corrected chi connectivity index (χ2v) is 3.90. The van der Waals surface area contributed by atoms with Gasteiger partial charge in [-0.05, 0) is 33.2 Å². The molecule has 0 aromatic carbocycles. The zero-order chi connectivity index (χ0) is 11.3. The number of amides is 1. The Bertz CT molecular complexity index is 209. The maximum Gasteiger partial charge on any atom is 0.250 e. The van der Waals surface area contributed by atoms with E-state index >= 15 is 0 Å². The van der Waals surface area contributed by atoms with Crippen molar-refractivity contribution in [3.8, 4) is 0 Å². The second-order valence-electron chi connectivity index (χ2n) is 3.90. The minimum absolute atomic E-state index is 0.132. The number of likely N-dealkylation sites (tertiary alicyclic amines) is 1. The Labute approximate surface area is 90.9 Å². The molecule has 5 nitrogen and oxygen atoms in total. The number of carbonyl (C=O) groups is 1. The molecule has 0 aliphatic carbocycles. The fraction of sp³-hybridized carbons (Fsp3) is 0.900. The summed E-state index contributed by atoms with van der Waals surface area (Å²) in [5, 5.41) is 0. The normalized spacial score (nSPS) is 24.9. The molecule has 1 amide bonds. The average molecular weight is 215 g/mol. The summed E-state index contributed by atoms with van der Waals surface area (Å²) in [5.41, 5.74) is 2.19. The first kappa shape index (κ1) is 12.4. The average Bonchev–Trinajstić information content (AvgIpc) is 2.28. The van der Waals surface area contributed by atoms with Crippen LogP contribution in [0.3, 0.4) is 0 Å². The molecule has 0 aromatic heterocycles. The van der Waals surface area contributed by atoms with Gasteiger partial charge in [-0.1, -0.05) is 0 Å². The van der Waals surface area contributed by atoms with E-state index in [1.54, 1.807) is 0 Å². The fourth-order valence-electron chi connectivity index (χ4n) is 1.98. The molecule has 5 heteroatoms. The Hall–Kier alpha value is -0.650. The zero-order valence-electron chi connectivity index (χ0n) is 9.53. The summed E-state index contributed by atoms with van der Waals surface area (Å²) >= 11 is 0. The molecule has 1 heterocycles. The van der Waals surface area contributed by atoms with Crippen molar-refractivity contribution in [1.29, 1.82) is 0 Å². The first-order valence-electron chi connectivity index (χ1n) is 5.55. The van der Waals surface area contributed by atoms with Crippen LogP contribution in [0.4, 0.5) is 0 Å². The first-order chi connectivity index (χ1) is 7.19. The molecule has 2 atom stereocenters. The van der Waals surface area contributed by atoms with Gasteiger partial charge in [-0.2, -0.15) is 0 Å². The Morgan fingerprint density at radius 1 is 1.73 bits per heavy atom. The van der Waals surface area contributed by atoms with Gasteiger partial charge >= 0.3 is 0 Å². The summed E-state index contributed by atoms with van der Waals surface area (Å²) in [6, 6.07) is -0.168. The van der Waals surface area contributed by atoms with Crippen molar-refractivity contribution >= 4 is 5.91 Å². The standard InChI is InChI=1S/C10H21N3O2/c1-3-15-9-5-4-6-13(7-9)8(2)10(14)12-11/h8-9H,3-7,11H2,1-2H3,(H,12,14). The number of hydrogen-bond donors (Lipinski definition) is 2. The van der Waals surface area contributed by atoms with E-state index in [0.29, 0.717) is 0 Å². The third-order valence-corrected chi connectivity index (χ3v) is 2.88. The summed E-state index contributed by atoms with van der Waals surface area (Å²) in [7, 11) is 0. The molecule has 1 saturated heterocycles. The summed E-state index contributed by atoms with van der Waals surface area (Å²) in [5.74, 6) is 4.98. The van der Waals surface area contributed by atoms with Crippen molar-refractivity contribution < 1.29 is 9.53 Å². The molecule has 0 radical (unpaired) electrons. The van der Waals surface area contributed by atoms with Crippen LogP contribution in [0.1, 0.15) is 26.7 Å². The fourth-order valence-corrected chi connectivity index (χ4v) is 1.98. The van der Waals surface area contributed by atoms with Crippen molar-refractivity contribution in [2.75, 3.05) is 19.7 Å². The quantitative estimate of drug-likeness (QED) is 0.389. The van der Waals surface area contributed by atoms with Crippen LogP contribution in [0.5, 0.6) is 0 Å². The Kier molecular flexibility index (Phi) is 5.01. The lowest BCUT2D eigenvalue weighted by Gasteiger charge is -2.35. The van der Waals surface area contributed by atoms with E-state index in [0.717, 1.165) is 32.5 Å². The molecular weight excluding hydrogens is 194 g/mol. The minimum Gasteiger partial charge on any atom is -0.377 e. The Morgan fingerprint density at radius 3 is 3.07 bits per heavy atom. The van der Waals surface area contributed by atoms with Gasteiger partial charge in [-0.15, -0.1) is 0 Å². The highest BCUT2D eigenvalue weighted by Gasteiger charge is 2.26. The lowest BCUT2D eigenvalue weighted by molar-refractivity contribution is -0.127. The number of nitrogens with two attached hydrogens (primary N) is 1. The number of hydrogen-bond acceptors (Lipinski definition) is 4. The number of hydrazine groups is 1. The molecular formula is C10H21N3O2. The van der Waals surface area contributed by atoms with Crippen LogP contribution in [0.25, 0.3) is 0 Å². The van der Waals surface area contributed by atoms with E-state index in [1.807, 2.05) is 13.8 Å². The lowest BCUT2D eigenvalue weighted by Crippen LogP contribution is -2.52. The topological polar surface area (TPSA) is 67.6 Å². The zero-order valence-corrected chi connectivity index (χ0v) is 9.53. The molecule has 0 bridgehead atoms. The predicted octanol–water partition coefficient (Wildman–Crippen LogP) is -0.134. The van der Waals surface area contributed by atoms with Crippen LogP contribution < -0.4 is 11.3 Å². The van der Waals surface area contributed by atoms with Crippen LogP contribution in [0.2, 0.25) is 0 Å². The van der Waals surface area contributed by atoms with Crippen LogP contribution in [-0.4, -0.2) is 42.6 Å². The number of nitrogens with zero attached hydrogens (tertiary/aromatic N) is 1. The molecule has 15 heavy (non-hydrogen) atoms. The van der Waals surface area contributed by atoms with E-state index in [4.69, 9.17) is 10.6 Å². The molecule has 0 saturated carbocycles. The van der Waals surface area contributed by atoms with Crippen molar-refractivity contribution in [2.24, 2.45) is 5.84 Å². The highest BCUT2D eigenvalue weighted by atomic mass is 16.5. The second kappa shape index (κ2) is 6.05. The molecule has 0 aromatic rings. The van der Waals surface area contributed by atoms with E-state index in [-0.39, 0.29) is 18.1 Å². The summed E-state index contributed by atoms with van der Waals surface area (Å²) in [6.45, 7) is 6.36. The smallest absolute Gasteiger partial charge is 0.250 e. The van der Waals surface area contributed by atoms with Gasteiger partial charge in [0.2, 0.25) is 0 Å². The van der Waals surface area contributed by atoms with Gasteiger partial charge in [0.15, 0.2) is 0 Å². The predicted molar refractivity (Wildman–Crippen MR) is 58.0 cm³/mol. The van der Waals surface area contributed by atoms with Gasteiger partial charge in [0.05, 0.1) is 12.1 Å². The Morgan fingerprint density at radius 2 is 2.47 bits per heavy atom. The van der Waals surface area contributed by atoms with Crippen molar-refractivity contribution in [1.82, 2.24) is 10.3 Å². The number of nitrogens with one attached hydrogen (secondary N) is 1. The van der Waals surface area contributed by atoms with E-state index in [1.165, 1.54) is 0 Å². The van der Waals surface area contributed by atoms with Gasteiger partial charge in [-0.3, -0.25) is 15.1 Å². The van der Waals surface area contributed by atoms with Gasteiger partial charge < -0.3 is 4.74 Å². The van der Waals surface area contributed by atoms with E-state index in [2.05, 4.69) is 10.3 Å². The molecule has 3 N–H and O–H groups in total. The molecule has 1 aliphatic heterocycles. The largest absolute Gasteiger partial charge is 0.377 e. The Balaban J connectivity index is 2.44. The number of rotatable bonds is 4. The first-order valence-corrected chi connectivity index (χ1v) is 5.55. The summed E-state index contributed by atoms with van der Waals surface area (Å²) < 4.78 is 5.57. The van der Waals surface area contributed by atoms with Crippen molar-refractivity contribution in [3.63, 3.8) is 0 Å². The van der Waals surface area contributed by atoms with Crippen LogP contribution in [0, 0.1) is 0 Å². The van der Waals surface area contributed by atoms with Gasteiger partial charge in [0, 0.05) is 13.2 Å². The number of ether oxygens (including phenoxy) is 1. The molecule has 1 aliphatic rings. The lowest BCUT2D eigenvalue weighted by atomic mass is 10.1. The molecule has 88 valence electrons. The third kappa shape index (κ3) is 3.44. The van der Waals surface area contributed by atoms with Gasteiger partial charge in [0.25, 0.3) is 5.91 Å². The van der Waals surface area contributed by atoms with Gasteiger partial charge in [0.1, 0.15) is 0 Å². The minimum atomic E-state index is -0.168. The van der Waals surface area contributed by atoms with Crippen LogP contribution >= 0.6 is 0 Å². The SMILES string of the molecule is CCOC1CCCN(C(C)C(=O)NN)C1. The summed E-state index contributed by atoms with van der Waals surface area (Å²) in [4.78, 5) is 13.5. The molecule has 0 spiro atoms. The van der Waals surface area contributed by atoms with Crippen LogP contribution in [-0.2, 0) is 9.53 Å². The number of piperidine rings is 1. The molecule has 1 fully saturated rings. The maximum atomic E-state index is 11.4. The monoisotopic (exact) mass is 215 g/mol. The number of carbonyl (C=O) groups excluding carboxylic acids is 1. The highest BCUT2D eigenvalue weighted by Crippen LogP contribution is 2.15. The highest BCUT2D eigenvalue weighted by molar-refractivity contribution is 5.80. The van der Waals surface area contributed by atoms with Crippen LogP contribution in [0.15, 0.2) is 0 Å². The van der Waals surface area contributed by atoms with Crippen molar-refractivity contribution in [3.05, 3.63) is 0 Å². The van der Waals surface area contributed by atoms with E-state index in [9.17, 15) is 4.79 Å².